The highest BCUT2D eigenvalue weighted by Gasteiger charge is 2.57. The van der Waals surface area contributed by atoms with Crippen molar-refractivity contribution in [2.75, 3.05) is 0 Å². The van der Waals surface area contributed by atoms with Gasteiger partial charge in [-0.05, 0) is 19.4 Å². The zero-order valence-corrected chi connectivity index (χ0v) is 12.5. The number of aliphatic hydroxyl groups is 1. The maximum Gasteiger partial charge on any atom is 0.190 e. The molecule has 0 bridgehead atoms. The summed E-state index contributed by atoms with van der Waals surface area (Å²) in [6, 6.07) is 11.4. The zero-order valence-electron chi connectivity index (χ0n) is 12.5. The number of nitriles is 1. The van der Waals surface area contributed by atoms with Crippen LogP contribution in [0.25, 0.3) is 0 Å². The fourth-order valence-corrected chi connectivity index (χ4v) is 2.79. The van der Waals surface area contributed by atoms with Crippen molar-refractivity contribution >= 4 is 0 Å². The largest absolute Gasteiger partial charge is 0.375 e. The fraction of sp³-hybridized carbons (Fsp3) is 0.562. The number of rotatable bonds is 4. The van der Waals surface area contributed by atoms with Gasteiger partial charge in [-0.25, -0.2) is 0 Å². The van der Waals surface area contributed by atoms with Gasteiger partial charge in [0.1, 0.15) is 18.3 Å². The van der Waals surface area contributed by atoms with E-state index in [1.807, 2.05) is 30.3 Å². The Morgan fingerprint density at radius 2 is 2.05 bits per heavy atom. The van der Waals surface area contributed by atoms with Crippen LogP contribution in [0.5, 0.6) is 0 Å². The first kappa shape index (κ1) is 15.4. The SMILES string of the molecule is CC1(C)OC2[C@@H](O[C@@H]([C@H](O)C#N)[C@@H]2OCc2ccccc2)O1. The van der Waals surface area contributed by atoms with Gasteiger partial charge in [-0.1, -0.05) is 30.3 Å². The number of aliphatic hydroxyl groups excluding tert-OH is 1. The first-order valence-corrected chi connectivity index (χ1v) is 7.24. The highest BCUT2D eigenvalue weighted by Crippen LogP contribution is 2.39. The van der Waals surface area contributed by atoms with Crippen molar-refractivity contribution in [1.29, 1.82) is 5.26 Å². The van der Waals surface area contributed by atoms with Gasteiger partial charge in [0.25, 0.3) is 0 Å². The summed E-state index contributed by atoms with van der Waals surface area (Å²) >= 11 is 0. The molecule has 1 aromatic rings. The summed E-state index contributed by atoms with van der Waals surface area (Å²) in [4.78, 5) is 0. The average Bonchev–Trinajstić information content (AvgIpc) is 2.97. The summed E-state index contributed by atoms with van der Waals surface area (Å²) in [5, 5.41) is 18.8. The van der Waals surface area contributed by atoms with Gasteiger partial charge >= 0.3 is 0 Å². The predicted octanol–water partition coefficient (Wildman–Crippen LogP) is 1.33. The van der Waals surface area contributed by atoms with Crippen LogP contribution < -0.4 is 0 Å². The highest BCUT2D eigenvalue weighted by atomic mass is 16.8. The molecular weight excluding hydrogens is 286 g/mol. The van der Waals surface area contributed by atoms with Gasteiger partial charge in [-0.3, -0.25) is 0 Å². The number of nitrogens with zero attached hydrogens (tertiary/aromatic N) is 1. The second-order valence-electron chi connectivity index (χ2n) is 5.90. The van der Waals surface area contributed by atoms with E-state index in [-0.39, 0.29) is 0 Å². The summed E-state index contributed by atoms with van der Waals surface area (Å²) in [5.74, 6) is -0.772. The van der Waals surface area contributed by atoms with E-state index < -0.39 is 36.5 Å². The summed E-state index contributed by atoms with van der Waals surface area (Å²) in [7, 11) is 0. The Bertz CT molecular complexity index is 555. The van der Waals surface area contributed by atoms with Crippen molar-refractivity contribution < 1.29 is 24.1 Å². The van der Waals surface area contributed by atoms with E-state index in [2.05, 4.69) is 0 Å². The van der Waals surface area contributed by atoms with Crippen molar-refractivity contribution in [3.8, 4) is 6.07 Å². The molecule has 1 N–H and O–H groups in total. The number of fused-ring (bicyclic) bond motifs is 1. The minimum Gasteiger partial charge on any atom is -0.375 e. The lowest BCUT2D eigenvalue weighted by Crippen LogP contribution is -2.42. The molecule has 2 fully saturated rings. The third kappa shape index (κ3) is 3.00. The van der Waals surface area contributed by atoms with E-state index >= 15 is 0 Å². The molecular formula is C16H19NO5. The Hall–Kier alpha value is -1.49. The van der Waals surface area contributed by atoms with Crippen molar-refractivity contribution in [3.63, 3.8) is 0 Å². The van der Waals surface area contributed by atoms with Crippen LogP contribution in [0.4, 0.5) is 0 Å². The molecule has 2 heterocycles. The second-order valence-corrected chi connectivity index (χ2v) is 5.90. The minimum atomic E-state index is -1.29. The van der Waals surface area contributed by atoms with Gasteiger partial charge in [0, 0.05) is 0 Å². The molecule has 0 spiro atoms. The van der Waals surface area contributed by atoms with Crippen molar-refractivity contribution in [2.24, 2.45) is 0 Å². The molecule has 6 heteroatoms. The normalized spacial score (nSPS) is 34.1. The Labute approximate surface area is 129 Å². The molecule has 6 nitrogen and oxygen atoms in total. The standard InChI is InChI=1S/C16H19NO5/c1-16(2)21-14-13(19-9-10-6-4-3-5-7-10)12(11(18)8-17)20-15(14)22-16/h3-7,11-15,18H,9H2,1-2H3/t11-,12+,13+,14?,15+/m1/s1. The first-order valence-electron chi connectivity index (χ1n) is 7.24. The molecule has 0 saturated carbocycles. The van der Waals surface area contributed by atoms with Crippen LogP contribution in [-0.2, 0) is 25.6 Å². The van der Waals surface area contributed by atoms with Gasteiger partial charge in [0.2, 0.25) is 0 Å². The Morgan fingerprint density at radius 1 is 1.32 bits per heavy atom. The molecule has 2 saturated heterocycles. The van der Waals surface area contributed by atoms with Crippen LogP contribution in [-0.4, -0.2) is 41.6 Å². The van der Waals surface area contributed by atoms with Gasteiger partial charge in [-0.15, -0.1) is 0 Å². The lowest BCUT2D eigenvalue weighted by atomic mass is 10.1. The number of hydrogen-bond donors (Lipinski definition) is 1. The van der Waals surface area contributed by atoms with Gasteiger partial charge in [0.05, 0.1) is 12.7 Å². The lowest BCUT2D eigenvalue weighted by molar-refractivity contribution is -0.227. The van der Waals surface area contributed by atoms with E-state index in [1.165, 1.54) is 0 Å². The maximum absolute atomic E-state index is 9.83. The average molecular weight is 305 g/mol. The third-order valence-corrected chi connectivity index (χ3v) is 3.76. The zero-order chi connectivity index (χ0) is 15.7. The second kappa shape index (κ2) is 5.95. The van der Waals surface area contributed by atoms with Crippen LogP contribution in [0.1, 0.15) is 19.4 Å². The van der Waals surface area contributed by atoms with Crippen LogP contribution in [0.15, 0.2) is 30.3 Å². The van der Waals surface area contributed by atoms with Crippen LogP contribution in [0.3, 0.4) is 0 Å². The van der Waals surface area contributed by atoms with Crippen LogP contribution in [0, 0.1) is 11.3 Å². The molecule has 0 radical (unpaired) electrons. The van der Waals surface area contributed by atoms with Crippen molar-refractivity contribution in [3.05, 3.63) is 35.9 Å². The van der Waals surface area contributed by atoms with E-state index in [1.54, 1.807) is 19.9 Å². The molecule has 0 aromatic heterocycles. The summed E-state index contributed by atoms with van der Waals surface area (Å²) in [6.45, 7) is 3.92. The monoisotopic (exact) mass is 305 g/mol. The van der Waals surface area contributed by atoms with E-state index in [0.717, 1.165) is 5.56 Å². The molecule has 0 aliphatic carbocycles. The first-order chi connectivity index (χ1) is 10.5. The lowest BCUT2D eigenvalue weighted by Gasteiger charge is -2.26. The van der Waals surface area contributed by atoms with Gasteiger partial charge < -0.3 is 24.1 Å². The number of ether oxygens (including phenoxy) is 4. The molecule has 3 rings (SSSR count). The summed E-state index contributed by atoms with van der Waals surface area (Å²) in [6.07, 6.45) is -3.75. The molecule has 2 aliphatic heterocycles. The maximum atomic E-state index is 9.83. The molecule has 1 aromatic carbocycles. The third-order valence-electron chi connectivity index (χ3n) is 3.76. The topological polar surface area (TPSA) is 80.9 Å². The van der Waals surface area contributed by atoms with Gasteiger partial charge in [0.15, 0.2) is 18.2 Å². The van der Waals surface area contributed by atoms with Crippen LogP contribution in [0.2, 0.25) is 0 Å². The Balaban J connectivity index is 1.73. The van der Waals surface area contributed by atoms with Crippen molar-refractivity contribution in [1.82, 2.24) is 0 Å². The van der Waals surface area contributed by atoms with E-state index in [0.29, 0.717) is 6.61 Å². The molecule has 118 valence electrons. The van der Waals surface area contributed by atoms with Crippen molar-refractivity contribution in [2.45, 2.75) is 56.9 Å². The molecule has 1 unspecified atom stereocenters. The summed E-state index contributed by atoms with van der Waals surface area (Å²) < 4.78 is 23.0. The van der Waals surface area contributed by atoms with Crippen LogP contribution >= 0.6 is 0 Å². The number of hydrogen-bond acceptors (Lipinski definition) is 6. The van der Waals surface area contributed by atoms with E-state index in [4.69, 9.17) is 24.2 Å². The highest BCUT2D eigenvalue weighted by molar-refractivity contribution is 5.14. The molecule has 0 amide bonds. The Kier molecular flexibility index (Phi) is 4.17. The predicted molar refractivity (Wildman–Crippen MR) is 75.3 cm³/mol. The minimum absolute atomic E-state index is 0.344. The molecule has 5 atom stereocenters. The Morgan fingerprint density at radius 3 is 2.73 bits per heavy atom. The van der Waals surface area contributed by atoms with Gasteiger partial charge in [-0.2, -0.15) is 5.26 Å². The quantitative estimate of drug-likeness (QED) is 0.845. The van der Waals surface area contributed by atoms with E-state index in [9.17, 15) is 5.11 Å². The summed E-state index contributed by atoms with van der Waals surface area (Å²) in [5.41, 5.74) is 0.995. The fourth-order valence-electron chi connectivity index (χ4n) is 2.79. The molecule has 2 aliphatic rings. The number of benzene rings is 1. The molecule has 22 heavy (non-hydrogen) atoms. The smallest absolute Gasteiger partial charge is 0.190 e.